The van der Waals surface area contributed by atoms with Gasteiger partial charge >= 0.3 is 12.3 Å². The lowest BCUT2D eigenvalue weighted by molar-refractivity contribution is -0.188. The first kappa shape index (κ1) is 15.8. The summed E-state index contributed by atoms with van der Waals surface area (Å²) in [5.74, 6) is -1.54. The van der Waals surface area contributed by atoms with Crippen LogP contribution in [0.1, 0.15) is 33.6 Å². The minimum atomic E-state index is -4.33. The van der Waals surface area contributed by atoms with Crippen molar-refractivity contribution in [3.63, 3.8) is 0 Å². The number of carbonyl (C=O) groups excluding carboxylic acids is 2. The van der Waals surface area contributed by atoms with Crippen LogP contribution in [-0.4, -0.2) is 41.6 Å². The van der Waals surface area contributed by atoms with E-state index in [1.165, 1.54) is 0 Å². The normalized spacial score (nSPS) is 25.1. The quantitative estimate of drug-likeness (QED) is 0.694. The fourth-order valence-corrected chi connectivity index (χ4v) is 1.97. The fourth-order valence-electron chi connectivity index (χ4n) is 1.97. The monoisotopic (exact) mass is 281 g/mol. The van der Waals surface area contributed by atoms with Crippen molar-refractivity contribution >= 4 is 12.4 Å². The zero-order chi connectivity index (χ0) is 14.8. The molecular weight excluding hydrogens is 263 g/mol. The van der Waals surface area contributed by atoms with Crippen molar-refractivity contribution in [3.8, 4) is 0 Å². The number of alkyl halides is 3. The second-order valence-corrected chi connectivity index (χ2v) is 5.64. The van der Waals surface area contributed by atoms with Crippen molar-refractivity contribution in [1.29, 1.82) is 0 Å². The molecule has 0 saturated carbocycles. The fraction of sp³-hybridized carbons (Fsp3) is 0.833. The lowest BCUT2D eigenvalue weighted by atomic mass is 9.91. The zero-order valence-corrected chi connectivity index (χ0v) is 11.2. The Labute approximate surface area is 109 Å². The molecular formula is C12H18F3NO3. The second kappa shape index (κ2) is 5.38. The molecule has 1 amide bonds. The number of nitrogens with zero attached hydrogens (tertiary/aromatic N) is 1. The van der Waals surface area contributed by atoms with Crippen LogP contribution in [0, 0.1) is 5.92 Å². The maximum atomic E-state index is 12.6. The predicted molar refractivity (Wildman–Crippen MR) is 61.6 cm³/mol. The van der Waals surface area contributed by atoms with Crippen LogP contribution < -0.4 is 0 Å². The van der Waals surface area contributed by atoms with Gasteiger partial charge in [-0.3, -0.25) is 4.90 Å². The number of carbonyl (C=O) groups is 2. The van der Waals surface area contributed by atoms with Crippen LogP contribution in [0.15, 0.2) is 0 Å². The first-order valence-electron chi connectivity index (χ1n) is 6.06. The Hall–Kier alpha value is -1.27. The lowest BCUT2D eigenvalue weighted by Gasteiger charge is -2.37. The van der Waals surface area contributed by atoms with Crippen molar-refractivity contribution < 1.29 is 27.5 Å². The van der Waals surface area contributed by atoms with E-state index in [0.29, 0.717) is 6.29 Å². The molecule has 0 bridgehead atoms. The first-order valence-corrected chi connectivity index (χ1v) is 6.06. The number of ether oxygens (including phenoxy) is 1. The van der Waals surface area contributed by atoms with E-state index in [1.54, 1.807) is 20.8 Å². The van der Waals surface area contributed by atoms with E-state index in [4.69, 9.17) is 4.74 Å². The summed E-state index contributed by atoms with van der Waals surface area (Å²) < 4.78 is 42.9. The third-order valence-corrected chi connectivity index (χ3v) is 2.89. The van der Waals surface area contributed by atoms with Crippen molar-refractivity contribution in [2.45, 2.75) is 51.4 Å². The molecule has 1 heterocycles. The summed E-state index contributed by atoms with van der Waals surface area (Å²) in [6, 6.07) is -1.07. The molecule has 0 aliphatic carbocycles. The van der Waals surface area contributed by atoms with E-state index < -0.39 is 36.3 Å². The molecule has 0 aromatic carbocycles. The highest BCUT2D eigenvalue weighted by Gasteiger charge is 2.45. The Balaban J connectivity index is 2.73. The highest BCUT2D eigenvalue weighted by atomic mass is 19.4. The molecule has 2 atom stereocenters. The van der Waals surface area contributed by atoms with Gasteiger partial charge in [0, 0.05) is 6.54 Å². The molecule has 1 aliphatic rings. The molecule has 0 aromatic rings. The Morgan fingerprint density at radius 1 is 1.32 bits per heavy atom. The van der Waals surface area contributed by atoms with E-state index in [0.717, 1.165) is 4.90 Å². The van der Waals surface area contributed by atoms with Crippen LogP contribution in [0.5, 0.6) is 0 Å². The van der Waals surface area contributed by atoms with Crippen LogP contribution in [0.4, 0.5) is 18.0 Å². The number of hydrogen-bond acceptors (Lipinski definition) is 3. The van der Waals surface area contributed by atoms with Crippen LogP contribution in [-0.2, 0) is 9.53 Å². The molecule has 0 spiro atoms. The van der Waals surface area contributed by atoms with Gasteiger partial charge in [-0.1, -0.05) is 0 Å². The Morgan fingerprint density at radius 2 is 1.89 bits per heavy atom. The van der Waals surface area contributed by atoms with E-state index in [-0.39, 0.29) is 13.0 Å². The van der Waals surface area contributed by atoms with E-state index in [2.05, 4.69) is 0 Å². The van der Waals surface area contributed by atoms with Gasteiger partial charge < -0.3 is 9.53 Å². The van der Waals surface area contributed by atoms with Gasteiger partial charge in [0.25, 0.3) is 0 Å². The molecule has 4 nitrogen and oxygen atoms in total. The van der Waals surface area contributed by atoms with E-state index >= 15 is 0 Å². The maximum Gasteiger partial charge on any atom is 0.410 e. The van der Waals surface area contributed by atoms with Crippen LogP contribution in [0.25, 0.3) is 0 Å². The molecule has 1 rings (SSSR count). The molecule has 110 valence electrons. The van der Waals surface area contributed by atoms with Crippen molar-refractivity contribution in [1.82, 2.24) is 4.90 Å². The van der Waals surface area contributed by atoms with Gasteiger partial charge in [-0.15, -0.1) is 0 Å². The Bertz CT molecular complexity index is 349. The van der Waals surface area contributed by atoms with E-state index in [9.17, 15) is 22.8 Å². The number of likely N-dealkylation sites (tertiary alicyclic amines) is 1. The lowest BCUT2D eigenvalue weighted by Crippen LogP contribution is -2.50. The Kier molecular flexibility index (Phi) is 4.47. The molecule has 1 fully saturated rings. The Morgan fingerprint density at radius 3 is 2.32 bits per heavy atom. The number of hydrogen-bond donors (Lipinski definition) is 0. The number of amides is 1. The van der Waals surface area contributed by atoms with Crippen molar-refractivity contribution in [2.75, 3.05) is 6.54 Å². The predicted octanol–water partition coefficient (Wildman–Crippen LogP) is 2.76. The summed E-state index contributed by atoms with van der Waals surface area (Å²) in [4.78, 5) is 23.8. The summed E-state index contributed by atoms with van der Waals surface area (Å²) >= 11 is 0. The van der Waals surface area contributed by atoms with Crippen molar-refractivity contribution in [3.05, 3.63) is 0 Å². The highest BCUT2D eigenvalue weighted by molar-refractivity contribution is 5.74. The number of piperidine rings is 1. The van der Waals surface area contributed by atoms with Crippen molar-refractivity contribution in [2.24, 2.45) is 5.92 Å². The average molecular weight is 281 g/mol. The average Bonchev–Trinajstić information content (AvgIpc) is 2.24. The number of rotatable bonds is 1. The smallest absolute Gasteiger partial charge is 0.410 e. The van der Waals surface area contributed by atoms with Gasteiger partial charge in [0.2, 0.25) is 0 Å². The van der Waals surface area contributed by atoms with Gasteiger partial charge in [-0.2, -0.15) is 13.2 Å². The maximum absolute atomic E-state index is 12.6. The van der Waals surface area contributed by atoms with Gasteiger partial charge in [-0.05, 0) is 33.6 Å². The topological polar surface area (TPSA) is 46.6 Å². The van der Waals surface area contributed by atoms with Crippen LogP contribution in [0.3, 0.4) is 0 Å². The molecule has 0 radical (unpaired) electrons. The minimum absolute atomic E-state index is 0.123. The van der Waals surface area contributed by atoms with Crippen LogP contribution in [0.2, 0.25) is 0 Å². The first-order chi connectivity index (χ1) is 8.54. The molecule has 19 heavy (non-hydrogen) atoms. The van der Waals surface area contributed by atoms with Gasteiger partial charge in [0.1, 0.15) is 11.9 Å². The molecule has 1 aliphatic heterocycles. The summed E-state index contributed by atoms with van der Waals surface area (Å²) in [6.45, 7) is 4.85. The minimum Gasteiger partial charge on any atom is -0.444 e. The second-order valence-electron chi connectivity index (χ2n) is 5.64. The SMILES string of the molecule is CC(C)(C)OC(=O)N1CC[C@@H](C(F)(F)F)C[C@H]1C=O. The summed E-state index contributed by atoms with van der Waals surface area (Å²) in [5, 5.41) is 0. The molecule has 0 N–H and O–H groups in total. The number of aldehydes is 1. The standard InChI is InChI=1S/C12H18F3NO3/c1-11(2,3)19-10(18)16-5-4-8(12(13,14)15)6-9(16)7-17/h7-9H,4-6H2,1-3H3/t8-,9+/m1/s1. The van der Waals surface area contributed by atoms with Gasteiger partial charge in [0.05, 0.1) is 12.0 Å². The van der Waals surface area contributed by atoms with Gasteiger partial charge in [0.15, 0.2) is 0 Å². The third kappa shape index (κ3) is 4.40. The zero-order valence-electron chi connectivity index (χ0n) is 11.2. The highest BCUT2D eigenvalue weighted by Crippen LogP contribution is 2.36. The molecule has 0 aromatic heterocycles. The number of halogens is 3. The van der Waals surface area contributed by atoms with Gasteiger partial charge in [-0.25, -0.2) is 4.79 Å². The largest absolute Gasteiger partial charge is 0.444 e. The molecule has 0 unspecified atom stereocenters. The van der Waals surface area contributed by atoms with E-state index in [1.807, 2.05) is 0 Å². The summed E-state index contributed by atoms with van der Waals surface area (Å²) in [6.07, 6.45) is -5.30. The molecule has 7 heteroatoms. The third-order valence-electron chi connectivity index (χ3n) is 2.89. The summed E-state index contributed by atoms with van der Waals surface area (Å²) in [7, 11) is 0. The summed E-state index contributed by atoms with van der Waals surface area (Å²) in [5.41, 5.74) is -0.745. The van der Waals surface area contributed by atoms with Crippen LogP contribution >= 0.6 is 0 Å². The molecule has 1 saturated heterocycles.